The van der Waals surface area contributed by atoms with Crippen molar-refractivity contribution in [3.8, 4) is 5.75 Å². The molecule has 10 heteroatoms. The molecule has 1 heterocycles. The molecule has 0 radical (unpaired) electrons. The first-order chi connectivity index (χ1) is 19.3. The van der Waals surface area contributed by atoms with Crippen molar-refractivity contribution in [3.63, 3.8) is 0 Å². The Labute approximate surface area is 232 Å². The van der Waals surface area contributed by atoms with Crippen molar-refractivity contribution in [2.24, 2.45) is 5.73 Å². The second-order valence-electron chi connectivity index (χ2n) is 9.78. The molecule has 3 aromatic carbocycles. The van der Waals surface area contributed by atoms with Crippen LogP contribution in [0.4, 0.5) is 0 Å². The molecule has 40 heavy (non-hydrogen) atoms. The predicted molar refractivity (Wildman–Crippen MR) is 148 cm³/mol. The molecule has 0 unspecified atom stereocenters. The van der Waals surface area contributed by atoms with Crippen LogP contribution >= 0.6 is 0 Å². The summed E-state index contributed by atoms with van der Waals surface area (Å²) in [6, 6.07) is 19.0. The summed E-state index contributed by atoms with van der Waals surface area (Å²) in [5, 5.41) is 0. The first-order valence-electron chi connectivity index (χ1n) is 12.9. The van der Waals surface area contributed by atoms with Gasteiger partial charge < -0.3 is 15.2 Å². The van der Waals surface area contributed by atoms with Gasteiger partial charge in [0.1, 0.15) is 6.10 Å². The summed E-state index contributed by atoms with van der Waals surface area (Å²) in [4.78, 5) is 39.9. The van der Waals surface area contributed by atoms with E-state index in [-0.39, 0.29) is 23.0 Å². The van der Waals surface area contributed by atoms with Crippen molar-refractivity contribution < 1.29 is 27.8 Å². The summed E-state index contributed by atoms with van der Waals surface area (Å²) in [6.07, 6.45) is 6.27. The Morgan fingerprint density at radius 2 is 1.77 bits per heavy atom. The number of fused-ring (bicyclic) bond motifs is 1. The number of carbonyl (C=O) groups excluding carboxylic acids is 2. The number of carbonyl (C=O) groups is 2. The molecule has 1 aromatic heterocycles. The smallest absolute Gasteiger partial charge is 0.248 e. The number of imidazole rings is 1. The first-order valence-corrected chi connectivity index (χ1v) is 14.7. The van der Waals surface area contributed by atoms with E-state index in [2.05, 4.69) is 4.98 Å². The number of nitrogens with zero attached hydrogens (tertiary/aromatic N) is 2. The van der Waals surface area contributed by atoms with Crippen molar-refractivity contribution in [1.82, 2.24) is 9.55 Å². The Balaban J connectivity index is 1.43. The summed E-state index contributed by atoms with van der Waals surface area (Å²) in [5.74, 6) is -0.933. The Hall–Kier alpha value is -4.28. The van der Waals surface area contributed by atoms with E-state index < -0.39 is 21.8 Å². The number of aromatic nitrogens is 2. The second-order valence-corrected chi connectivity index (χ2v) is 11.8. The SMILES string of the molecule is NC(=O)c1ccc(CS(=O)(=O)Cc2c(OO[C@H](Cn3ccnc3)c3ccccc3)ccc3c2CCCC3=O)cc1. The zero-order valence-electron chi connectivity index (χ0n) is 21.7. The molecular weight excluding hydrogens is 530 g/mol. The maximum absolute atomic E-state index is 13.4. The summed E-state index contributed by atoms with van der Waals surface area (Å²) < 4.78 is 28.7. The lowest BCUT2D eigenvalue weighted by atomic mass is 9.87. The highest BCUT2D eigenvalue weighted by atomic mass is 32.2. The summed E-state index contributed by atoms with van der Waals surface area (Å²) in [7, 11) is -3.70. The van der Waals surface area contributed by atoms with E-state index in [4.69, 9.17) is 15.5 Å². The number of ketones is 1. The molecule has 1 amide bonds. The zero-order valence-corrected chi connectivity index (χ0v) is 22.5. The van der Waals surface area contributed by atoms with Crippen molar-refractivity contribution in [3.05, 3.63) is 119 Å². The molecule has 5 rings (SSSR count). The van der Waals surface area contributed by atoms with E-state index in [1.165, 1.54) is 12.1 Å². The molecule has 1 aliphatic rings. The van der Waals surface area contributed by atoms with E-state index in [0.29, 0.717) is 53.6 Å². The monoisotopic (exact) mass is 559 g/mol. The Morgan fingerprint density at radius 3 is 2.48 bits per heavy atom. The lowest BCUT2D eigenvalue weighted by molar-refractivity contribution is -0.251. The molecule has 1 atom stereocenters. The molecule has 9 nitrogen and oxygen atoms in total. The first kappa shape index (κ1) is 27.3. The largest absolute Gasteiger partial charge is 0.366 e. The molecule has 0 saturated carbocycles. The summed E-state index contributed by atoms with van der Waals surface area (Å²) >= 11 is 0. The topological polar surface area (TPSA) is 131 Å². The number of nitrogens with two attached hydrogens (primary N) is 1. The second kappa shape index (κ2) is 11.8. The van der Waals surface area contributed by atoms with E-state index in [0.717, 1.165) is 5.56 Å². The van der Waals surface area contributed by atoms with Crippen LogP contribution in [0.1, 0.15) is 61.9 Å². The van der Waals surface area contributed by atoms with Gasteiger partial charge in [0, 0.05) is 35.5 Å². The molecule has 206 valence electrons. The number of primary amides is 1. The molecule has 2 N–H and O–H groups in total. The quantitative estimate of drug-likeness (QED) is 0.213. The van der Waals surface area contributed by atoms with E-state index >= 15 is 0 Å². The minimum absolute atomic E-state index is 0.0170. The van der Waals surface area contributed by atoms with Crippen LogP contribution in [0.5, 0.6) is 5.75 Å². The van der Waals surface area contributed by atoms with Crippen molar-refractivity contribution in [2.75, 3.05) is 0 Å². The molecule has 0 saturated heterocycles. The van der Waals surface area contributed by atoms with E-state index in [1.54, 1.807) is 36.8 Å². The van der Waals surface area contributed by atoms with Gasteiger partial charge in [-0.05, 0) is 53.8 Å². The van der Waals surface area contributed by atoms with Crippen LogP contribution in [0.15, 0.2) is 85.5 Å². The summed E-state index contributed by atoms with van der Waals surface area (Å²) in [6.45, 7) is 0.419. The maximum atomic E-state index is 13.4. The maximum Gasteiger partial charge on any atom is 0.248 e. The van der Waals surface area contributed by atoms with Gasteiger partial charge in [0.15, 0.2) is 21.4 Å². The van der Waals surface area contributed by atoms with Gasteiger partial charge in [0.2, 0.25) is 5.91 Å². The predicted octanol–water partition coefficient (Wildman–Crippen LogP) is 4.37. The van der Waals surface area contributed by atoms with Crippen LogP contribution in [-0.2, 0) is 39.2 Å². The van der Waals surface area contributed by atoms with Gasteiger partial charge in [-0.25, -0.2) is 13.4 Å². The van der Waals surface area contributed by atoms with Gasteiger partial charge >= 0.3 is 0 Å². The molecule has 1 aliphatic carbocycles. The molecule has 4 aromatic rings. The lowest BCUT2D eigenvalue weighted by Crippen LogP contribution is -2.19. The third kappa shape index (κ3) is 6.47. The van der Waals surface area contributed by atoms with Gasteiger partial charge in [0.05, 0.1) is 24.4 Å². The number of amides is 1. The van der Waals surface area contributed by atoms with Crippen LogP contribution in [0.25, 0.3) is 0 Å². The van der Waals surface area contributed by atoms with Gasteiger partial charge in [-0.2, -0.15) is 4.89 Å². The molecular formula is C30H29N3O6S. The minimum atomic E-state index is -3.70. The number of Topliss-reactive ketones (excluding diaryl/α,β-unsaturated/α-hetero) is 1. The normalized spacial score (nSPS) is 13.9. The molecule has 0 fully saturated rings. The number of rotatable bonds is 11. The highest BCUT2D eigenvalue weighted by molar-refractivity contribution is 7.89. The lowest BCUT2D eigenvalue weighted by Gasteiger charge is -2.23. The fourth-order valence-electron chi connectivity index (χ4n) is 4.86. The van der Waals surface area contributed by atoms with Crippen LogP contribution < -0.4 is 10.6 Å². The number of hydrogen-bond donors (Lipinski definition) is 1. The van der Waals surface area contributed by atoms with E-state index in [9.17, 15) is 18.0 Å². The average Bonchev–Trinajstić information content (AvgIpc) is 3.46. The van der Waals surface area contributed by atoms with Crippen molar-refractivity contribution in [2.45, 2.75) is 43.4 Å². The summed E-state index contributed by atoms with van der Waals surface area (Å²) in [5.41, 5.74) is 8.61. The third-order valence-corrected chi connectivity index (χ3v) is 8.37. The number of sulfone groups is 1. The molecule has 0 spiro atoms. The van der Waals surface area contributed by atoms with Crippen LogP contribution in [-0.4, -0.2) is 29.7 Å². The highest BCUT2D eigenvalue weighted by Crippen LogP contribution is 2.34. The van der Waals surface area contributed by atoms with Gasteiger partial charge in [-0.15, -0.1) is 0 Å². The van der Waals surface area contributed by atoms with Gasteiger partial charge in [0.25, 0.3) is 0 Å². The van der Waals surface area contributed by atoms with Crippen LogP contribution in [0.2, 0.25) is 0 Å². The Morgan fingerprint density at radius 1 is 1.00 bits per heavy atom. The fraction of sp³-hybridized carbons (Fsp3) is 0.233. The average molecular weight is 560 g/mol. The van der Waals surface area contributed by atoms with Crippen molar-refractivity contribution in [1.29, 1.82) is 0 Å². The van der Waals surface area contributed by atoms with Crippen LogP contribution in [0.3, 0.4) is 0 Å². The fourth-order valence-corrected chi connectivity index (χ4v) is 6.42. The molecule has 0 bridgehead atoms. The minimum Gasteiger partial charge on any atom is -0.366 e. The standard InChI is InChI=1S/C30H29N3O6S/c31-30(35)23-11-9-21(10-12-23)18-40(36,37)19-26-24-7-4-8-27(34)25(24)13-14-28(26)38-39-29(17-33-16-15-32-20-33)22-5-2-1-3-6-22/h1-3,5-6,9-16,20,29H,4,7-8,17-19H2,(H2,31,35)/t29-/m1/s1. The van der Waals surface area contributed by atoms with E-state index in [1.807, 2.05) is 41.1 Å². The van der Waals surface area contributed by atoms with Gasteiger partial charge in [-0.3, -0.25) is 9.59 Å². The number of benzene rings is 3. The van der Waals surface area contributed by atoms with Gasteiger partial charge in [-0.1, -0.05) is 42.5 Å². The Kier molecular flexibility index (Phi) is 8.09. The zero-order chi connectivity index (χ0) is 28.1. The molecule has 0 aliphatic heterocycles. The van der Waals surface area contributed by atoms with Crippen LogP contribution in [0, 0.1) is 0 Å². The highest BCUT2D eigenvalue weighted by Gasteiger charge is 2.27. The van der Waals surface area contributed by atoms with Crippen molar-refractivity contribution >= 4 is 21.5 Å². The number of hydrogen-bond acceptors (Lipinski definition) is 7. The Bertz CT molecular complexity index is 1600. The third-order valence-electron chi connectivity index (χ3n) is 6.87.